The summed E-state index contributed by atoms with van der Waals surface area (Å²) in [4.78, 5) is 4.56. The Morgan fingerprint density at radius 2 is 2.00 bits per heavy atom. The van der Waals surface area contributed by atoms with E-state index in [0.29, 0.717) is 19.6 Å². The van der Waals surface area contributed by atoms with Crippen LogP contribution in [0.15, 0.2) is 35.3 Å². The van der Waals surface area contributed by atoms with Gasteiger partial charge in [0.1, 0.15) is 0 Å². The minimum Gasteiger partial charge on any atom is -0.357 e. The Bertz CT molecular complexity index is 622. The topological polar surface area (TPSA) is 73.8 Å². The van der Waals surface area contributed by atoms with E-state index in [0.717, 1.165) is 30.9 Å². The van der Waals surface area contributed by atoms with Gasteiger partial charge >= 0.3 is 0 Å². The summed E-state index contributed by atoms with van der Waals surface area (Å²) in [5, 5.41) is 6.47. The van der Waals surface area contributed by atoms with E-state index in [1.54, 1.807) is 4.31 Å². The fourth-order valence-electron chi connectivity index (χ4n) is 2.76. The summed E-state index contributed by atoms with van der Waals surface area (Å²) in [5.41, 5.74) is 1.14. The molecule has 2 N–H and O–H groups in total. The van der Waals surface area contributed by atoms with Gasteiger partial charge in [0.15, 0.2) is 5.96 Å². The van der Waals surface area contributed by atoms with Gasteiger partial charge in [0.2, 0.25) is 10.0 Å². The Kier molecular flexibility index (Phi) is 8.99. The summed E-state index contributed by atoms with van der Waals surface area (Å²) in [6.07, 6.45) is 3.08. The van der Waals surface area contributed by atoms with Crippen molar-refractivity contribution in [1.29, 1.82) is 0 Å². The first-order valence-electron chi connectivity index (χ1n) is 8.03. The maximum absolute atomic E-state index is 11.8. The Labute approximate surface area is 162 Å². The van der Waals surface area contributed by atoms with Crippen molar-refractivity contribution in [3.8, 4) is 0 Å². The largest absolute Gasteiger partial charge is 0.357 e. The van der Waals surface area contributed by atoms with Crippen molar-refractivity contribution < 1.29 is 8.42 Å². The van der Waals surface area contributed by atoms with Crippen molar-refractivity contribution in [3.63, 3.8) is 0 Å². The zero-order valence-corrected chi connectivity index (χ0v) is 17.4. The second-order valence-corrected chi connectivity index (χ2v) is 7.67. The van der Waals surface area contributed by atoms with E-state index >= 15 is 0 Å². The number of aliphatic imine (C=N–C) groups is 1. The Hall–Kier alpha value is -0.870. The molecule has 136 valence electrons. The fraction of sp³-hybridized carbons (Fsp3) is 0.562. The first-order chi connectivity index (χ1) is 11.0. The van der Waals surface area contributed by atoms with Crippen LogP contribution < -0.4 is 10.6 Å². The van der Waals surface area contributed by atoms with Crippen LogP contribution in [0.5, 0.6) is 0 Å². The van der Waals surface area contributed by atoms with E-state index in [2.05, 4.69) is 15.6 Å². The van der Waals surface area contributed by atoms with Gasteiger partial charge in [0, 0.05) is 25.7 Å². The molecule has 1 aliphatic rings. The molecule has 0 radical (unpaired) electrons. The summed E-state index contributed by atoms with van der Waals surface area (Å²) >= 11 is 0. The van der Waals surface area contributed by atoms with Crippen LogP contribution in [-0.2, 0) is 16.6 Å². The second kappa shape index (κ2) is 10.2. The van der Waals surface area contributed by atoms with Gasteiger partial charge in [-0.15, -0.1) is 24.0 Å². The van der Waals surface area contributed by atoms with Crippen molar-refractivity contribution in [2.75, 3.05) is 25.9 Å². The molecule has 0 bridgehead atoms. The average Bonchev–Trinajstić information content (AvgIpc) is 3.00. The maximum atomic E-state index is 11.8. The van der Waals surface area contributed by atoms with E-state index in [9.17, 15) is 8.42 Å². The minimum absolute atomic E-state index is 0. The number of halogens is 1. The number of benzene rings is 1. The van der Waals surface area contributed by atoms with Crippen molar-refractivity contribution in [1.82, 2.24) is 14.9 Å². The molecular formula is C16H27IN4O2S. The zero-order chi connectivity index (χ0) is 16.7. The number of sulfonamides is 1. The van der Waals surface area contributed by atoms with Crippen LogP contribution in [-0.4, -0.2) is 50.6 Å². The lowest BCUT2D eigenvalue weighted by molar-refractivity contribution is 0.387. The molecule has 2 rings (SSSR count). The van der Waals surface area contributed by atoms with Gasteiger partial charge < -0.3 is 10.6 Å². The Balaban J connectivity index is 0.00000288. The van der Waals surface area contributed by atoms with Crippen LogP contribution in [0.2, 0.25) is 0 Å². The monoisotopic (exact) mass is 466 g/mol. The molecule has 1 heterocycles. The molecule has 8 heteroatoms. The predicted octanol–water partition coefficient (Wildman–Crippen LogP) is 1.78. The highest BCUT2D eigenvalue weighted by Gasteiger charge is 2.31. The lowest BCUT2D eigenvalue weighted by Gasteiger charge is -2.23. The third kappa shape index (κ3) is 6.56. The molecule has 0 aliphatic carbocycles. The Morgan fingerprint density at radius 1 is 1.29 bits per heavy atom. The highest BCUT2D eigenvalue weighted by molar-refractivity contribution is 14.0. The summed E-state index contributed by atoms with van der Waals surface area (Å²) in [6, 6.07) is 10.0. The lowest BCUT2D eigenvalue weighted by Crippen LogP contribution is -2.46. The minimum atomic E-state index is -3.13. The van der Waals surface area contributed by atoms with Gasteiger partial charge in [-0.05, 0) is 25.3 Å². The first kappa shape index (κ1) is 21.2. The summed E-state index contributed by atoms with van der Waals surface area (Å²) in [5.74, 6) is 0.719. The van der Waals surface area contributed by atoms with Crippen molar-refractivity contribution in [2.45, 2.75) is 32.4 Å². The van der Waals surface area contributed by atoms with E-state index in [-0.39, 0.29) is 30.0 Å². The number of rotatable bonds is 6. The van der Waals surface area contributed by atoms with Gasteiger partial charge in [-0.25, -0.2) is 13.4 Å². The number of hydrogen-bond donors (Lipinski definition) is 2. The molecule has 1 saturated heterocycles. The molecule has 0 unspecified atom stereocenters. The third-order valence-corrected chi connectivity index (χ3v) is 5.19. The van der Waals surface area contributed by atoms with Crippen LogP contribution in [0.25, 0.3) is 0 Å². The summed E-state index contributed by atoms with van der Waals surface area (Å²) in [7, 11) is -3.13. The highest BCUT2D eigenvalue weighted by atomic mass is 127. The van der Waals surface area contributed by atoms with Crippen LogP contribution in [0.4, 0.5) is 0 Å². The molecule has 6 nitrogen and oxygen atoms in total. The molecule has 1 aromatic rings. The van der Waals surface area contributed by atoms with Crippen molar-refractivity contribution in [2.24, 2.45) is 4.99 Å². The van der Waals surface area contributed by atoms with Crippen LogP contribution in [0.3, 0.4) is 0 Å². The second-order valence-electron chi connectivity index (χ2n) is 5.73. The van der Waals surface area contributed by atoms with Crippen molar-refractivity contribution in [3.05, 3.63) is 35.9 Å². The molecular weight excluding hydrogens is 439 g/mol. The molecule has 1 aliphatic heterocycles. The molecule has 24 heavy (non-hydrogen) atoms. The molecule has 0 aromatic heterocycles. The van der Waals surface area contributed by atoms with Gasteiger partial charge in [0.05, 0.1) is 12.8 Å². The number of nitrogens with one attached hydrogen (secondary N) is 2. The van der Waals surface area contributed by atoms with E-state index < -0.39 is 10.0 Å². The molecule has 0 spiro atoms. The average molecular weight is 466 g/mol. The van der Waals surface area contributed by atoms with E-state index in [4.69, 9.17) is 0 Å². The molecule has 1 aromatic carbocycles. The smallest absolute Gasteiger partial charge is 0.211 e. The predicted molar refractivity (Wildman–Crippen MR) is 109 cm³/mol. The normalized spacial score (nSPS) is 18.9. The van der Waals surface area contributed by atoms with Crippen LogP contribution in [0, 0.1) is 0 Å². The van der Waals surface area contributed by atoms with Crippen LogP contribution in [0.1, 0.15) is 25.3 Å². The van der Waals surface area contributed by atoms with Crippen LogP contribution >= 0.6 is 24.0 Å². The van der Waals surface area contributed by atoms with E-state index in [1.165, 1.54) is 6.26 Å². The van der Waals surface area contributed by atoms with Gasteiger partial charge in [-0.2, -0.15) is 4.31 Å². The third-order valence-electron chi connectivity index (χ3n) is 3.86. The van der Waals surface area contributed by atoms with Gasteiger partial charge in [-0.1, -0.05) is 30.3 Å². The van der Waals surface area contributed by atoms with Gasteiger partial charge in [0.25, 0.3) is 0 Å². The number of guanidine groups is 1. The fourth-order valence-corrected chi connectivity index (χ4v) is 3.94. The molecule has 0 amide bonds. The SMILES string of the molecule is CCNC(=NCc1ccccc1)NC[C@H]1CCCN1S(C)(=O)=O.I. The molecule has 1 fully saturated rings. The van der Waals surface area contributed by atoms with Crippen molar-refractivity contribution >= 4 is 40.0 Å². The lowest BCUT2D eigenvalue weighted by atomic mass is 10.2. The first-order valence-corrected chi connectivity index (χ1v) is 9.88. The summed E-state index contributed by atoms with van der Waals surface area (Å²) < 4.78 is 25.1. The number of hydrogen-bond acceptors (Lipinski definition) is 3. The molecule has 1 atom stereocenters. The van der Waals surface area contributed by atoms with Gasteiger partial charge in [-0.3, -0.25) is 0 Å². The standard InChI is InChI=1S/C16H26N4O2S.HI/c1-3-17-16(18-12-14-8-5-4-6-9-14)19-13-15-10-7-11-20(15)23(2,21)22;/h4-6,8-9,15H,3,7,10-13H2,1-2H3,(H2,17,18,19);1H/t15-;/m1./s1. The van der Waals surface area contributed by atoms with E-state index in [1.807, 2.05) is 37.3 Å². The quantitative estimate of drug-likeness (QED) is 0.381. The highest BCUT2D eigenvalue weighted by Crippen LogP contribution is 2.19. The summed E-state index contributed by atoms with van der Waals surface area (Å²) in [6.45, 7) is 4.56. The number of nitrogens with zero attached hydrogens (tertiary/aromatic N) is 2. The zero-order valence-electron chi connectivity index (χ0n) is 14.2. The maximum Gasteiger partial charge on any atom is 0.211 e. The molecule has 0 saturated carbocycles. The Morgan fingerprint density at radius 3 is 2.62 bits per heavy atom.